The van der Waals surface area contributed by atoms with Crippen LogP contribution in [0.5, 0.6) is 5.75 Å². The van der Waals surface area contributed by atoms with E-state index in [2.05, 4.69) is 37.6 Å². The van der Waals surface area contributed by atoms with Gasteiger partial charge in [0.15, 0.2) is 5.82 Å². The lowest BCUT2D eigenvalue weighted by Crippen LogP contribution is -2.49. The van der Waals surface area contributed by atoms with Crippen LogP contribution in [0.3, 0.4) is 0 Å². The van der Waals surface area contributed by atoms with E-state index < -0.39 is 11.9 Å². The molecule has 4 amide bonds. The highest BCUT2D eigenvalue weighted by molar-refractivity contribution is 6.04. The molecule has 2 aromatic carbocycles. The monoisotopic (exact) mass is 640 g/mol. The summed E-state index contributed by atoms with van der Waals surface area (Å²) in [7, 11) is 0. The van der Waals surface area contributed by atoms with Crippen molar-refractivity contribution >= 4 is 40.8 Å². The number of para-hydroxylation sites is 1. The van der Waals surface area contributed by atoms with Crippen LogP contribution in [-0.2, 0) is 25.7 Å². The molecule has 0 aliphatic carbocycles. The number of hydrogen-bond acceptors (Lipinski definition) is 10. The number of aromatic hydroxyl groups is 1. The Kier molecular flexibility index (Phi) is 9.02. The second-order valence-electron chi connectivity index (χ2n) is 11.8. The molecule has 1 atom stereocenters. The molecule has 1 unspecified atom stereocenters. The molecule has 0 spiro atoms. The molecule has 2 saturated heterocycles. The molecule has 14 heteroatoms. The zero-order chi connectivity index (χ0) is 33.1. The zero-order valence-electron chi connectivity index (χ0n) is 25.7. The van der Waals surface area contributed by atoms with E-state index in [1.165, 1.54) is 4.90 Å². The molecular formula is C33H36N8O6. The number of carbonyl (C=O) groups excluding carboxylic acids is 4. The first-order chi connectivity index (χ1) is 22.7. The van der Waals surface area contributed by atoms with Gasteiger partial charge in [-0.25, -0.2) is 0 Å². The Labute approximate surface area is 271 Å². The fourth-order valence-corrected chi connectivity index (χ4v) is 6.21. The molecule has 4 heterocycles. The third kappa shape index (κ3) is 6.87. The number of benzene rings is 2. The van der Waals surface area contributed by atoms with Gasteiger partial charge in [-0.1, -0.05) is 24.8 Å². The van der Waals surface area contributed by atoms with E-state index in [1.54, 1.807) is 48.5 Å². The van der Waals surface area contributed by atoms with Crippen LogP contribution >= 0.6 is 0 Å². The summed E-state index contributed by atoms with van der Waals surface area (Å²) in [5.74, 6) is -0.946. The number of rotatable bonds is 9. The van der Waals surface area contributed by atoms with Crippen LogP contribution in [0, 0.1) is 0 Å². The van der Waals surface area contributed by atoms with Crippen molar-refractivity contribution in [2.45, 2.75) is 44.3 Å². The van der Waals surface area contributed by atoms with E-state index in [1.807, 2.05) is 0 Å². The molecule has 3 aliphatic heterocycles. The minimum atomic E-state index is -0.605. The Morgan fingerprint density at radius 3 is 2.53 bits per heavy atom. The average Bonchev–Trinajstić information content (AvgIpc) is 3.39. The number of ether oxygens (including phenoxy) is 1. The van der Waals surface area contributed by atoms with Gasteiger partial charge in [0, 0.05) is 53.8 Å². The van der Waals surface area contributed by atoms with Gasteiger partial charge in [-0.3, -0.25) is 19.2 Å². The standard InChI is InChI=1S/C33H36N8O6/c1-19-9-10-26(32(45)35-19)41-16-23-21(33(41)46)6-4-7-24(23)37-30(44)18-47-17-29(43)36-20-11-13-40(14-12-20)27-15-25(38-39-31(27)34)22-5-2-3-8-28(22)42/h2-8,15,20,26,42H,1,9-14,16-18H2,(H2,34,39)(H,35,45)(H,36,43)(H,37,44). The smallest absolute Gasteiger partial charge is 0.255 e. The SMILES string of the molecule is C=C1CCC(N2Cc3c(NC(=O)COCC(=O)NC4CCN(c5cc(-c6ccccc6O)nnc5N)CC4)cccc3C2=O)C(=O)N1. The number of nitrogen functional groups attached to an aromatic ring is 1. The van der Waals surface area contributed by atoms with E-state index in [9.17, 15) is 24.3 Å². The van der Waals surface area contributed by atoms with Gasteiger partial charge in [0.05, 0.1) is 11.4 Å². The first kappa shape index (κ1) is 31.5. The molecule has 3 aliphatic rings. The molecule has 0 radical (unpaired) electrons. The number of amides is 4. The van der Waals surface area contributed by atoms with E-state index in [-0.39, 0.29) is 55.1 Å². The first-order valence-electron chi connectivity index (χ1n) is 15.4. The maximum Gasteiger partial charge on any atom is 0.255 e. The van der Waals surface area contributed by atoms with Gasteiger partial charge in [-0.15, -0.1) is 10.2 Å². The van der Waals surface area contributed by atoms with Crippen molar-refractivity contribution in [2.75, 3.05) is 42.3 Å². The molecule has 47 heavy (non-hydrogen) atoms. The summed E-state index contributed by atoms with van der Waals surface area (Å²) in [6, 6.07) is 13.0. The summed E-state index contributed by atoms with van der Waals surface area (Å²) in [5.41, 5.74) is 10.1. The molecule has 0 saturated carbocycles. The summed E-state index contributed by atoms with van der Waals surface area (Å²) < 4.78 is 5.40. The van der Waals surface area contributed by atoms with Crippen LogP contribution in [0.1, 0.15) is 41.6 Å². The van der Waals surface area contributed by atoms with Gasteiger partial charge >= 0.3 is 0 Å². The number of nitrogens with one attached hydrogen (secondary N) is 3. The van der Waals surface area contributed by atoms with E-state index in [4.69, 9.17) is 10.5 Å². The fourth-order valence-electron chi connectivity index (χ4n) is 6.21. The van der Waals surface area contributed by atoms with Crippen molar-refractivity contribution in [1.82, 2.24) is 25.7 Å². The molecule has 0 bridgehead atoms. The second kappa shape index (κ2) is 13.5. The van der Waals surface area contributed by atoms with Crippen molar-refractivity contribution in [3.05, 3.63) is 71.9 Å². The quantitative estimate of drug-likeness (QED) is 0.231. The summed E-state index contributed by atoms with van der Waals surface area (Å²) in [5, 5.41) is 26.9. The minimum absolute atomic E-state index is 0.0819. The van der Waals surface area contributed by atoms with E-state index >= 15 is 0 Å². The molecule has 14 nitrogen and oxygen atoms in total. The maximum atomic E-state index is 13.1. The van der Waals surface area contributed by atoms with Crippen molar-refractivity contribution in [3.63, 3.8) is 0 Å². The predicted molar refractivity (Wildman–Crippen MR) is 173 cm³/mol. The van der Waals surface area contributed by atoms with Crippen molar-refractivity contribution in [3.8, 4) is 17.0 Å². The summed E-state index contributed by atoms with van der Waals surface area (Å²) in [6.07, 6.45) is 2.39. The molecule has 3 aromatic rings. The van der Waals surface area contributed by atoms with Gasteiger partial charge in [-0.2, -0.15) is 0 Å². The third-order valence-electron chi connectivity index (χ3n) is 8.62. The molecule has 244 valence electrons. The van der Waals surface area contributed by atoms with Crippen LogP contribution in [0.25, 0.3) is 11.3 Å². The number of hydrogen-bond donors (Lipinski definition) is 5. The number of fused-ring (bicyclic) bond motifs is 1. The number of piperidine rings is 2. The number of anilines is 3. The number of nitrogens with zero attached hydrogens (tertiary/aromatic N) is 4. The Hall–Kier alpha value is -5.50. The van der Waals surface area contributed by atoms with Crippen molar-refractivity contribution < 1.29 is 29.0 Å². The normalized spacial score (nSPS) is 18.1. The largest absolute Gasteiger partial charge is 0.507 e. The highest BCUT2D eigenvalue weighted by atomic mass is 16.5. The number of carbonyl (C=O) groups is 4. The van der Waals surface area contributed by atoms with Gasteiger partial charge in [-0.05, 0) is 56.0 Å². The van der Waals surface area contributed by atoms with E-state index in [0.717, 1.165) is 0 Å². The average molecular weight is 641 g/mol. The van der Waals surface area contributed by atoms with Gasteiger partial charge in [0.2, 0.25) is 17.7 Å². The minimum Gasteiger partial charge on any atom is -0.507 e. The third-order valence-corrected chi connectivity index (χ3v) is 8.62. The summed E-state index contributed by atoms with van der Waals surface area (Å²) >= 11 is 0. The van der Waals surface area contributed by atoms with Crippen LogP contribution < -0.4 is 26.6 Å². The Morgan fingerprint density at radius 1 is 1.02 bits per heavy atom. The summed E-state index contributed by atoms with van der Waals surface area (Å²) in [6.45, 7) is 4.57. The van der Waals surface area contributed by atoms with Gasteiger partial charge < -0.3 is 41.3 Å². The topological polar surface area (TPSA) is 192 Å². The van der Waals surface area contributed by atoms with E-state index in [0.29, 0.717) is 78.2 Å². The number of phenolic OH excluding ortho intramolecular Hbond substituents is 1. The van der Waals surface area contributed by atoms with Crippen LogP contribution in [0.2, 0.25) is 0 Å². The number of allylic oxidation sites excluding steroid dienone is 1. The number of phenols is 1. The van der Waals surface area contributed by atoms with Crippen LogP contribution in [-0.4, -0.2) is 82.2 Å². The summed E-state index contributed by atoms with van der Waals surface area (Å²) in [4.78, 5) is 54.4. The zero-order valence-corrected chi connectivity index (χ0v) is 25.7. The Bertz CT molecular complexity index is 1740. The van der Waals surface area contributed by atoms with Crippen LogP contribution in [0.15, 0.2) is 60.8 Å². The Balaban J connectivity index is 0.955. The molecule has 1 aromatic heterocycles. The molecular weight excluding hydrogens is 604 g/mol. The predicted octanol–water partition coefficient (Wildman–Crippen LogP) is 1.92. The van der Waals surface area contributed by atoms with Crippen molar-refractivity contribution in [2.24, 2.45) is 0 Å². The highest BCUT2D eigenvalue weighted by Crippen LogP contribution is 2.34. The van der Waals surface area contributed by atoms with Gasteiger partial charge in [0.1, 0.15) is 25.0 Å². The lowest BCUT2D eigenvalue weighted by molar-refractivity contribution is -0.129. The lowest BCUT2D eigenvalue weighted by Gasteiger charge is -2.34. The molecule has 6 rings (SSSR count). The maximum absolute atomic E-state index is 13.1. The van der Waals surface area contributed by atoms with Gasteiger partial charge in [0.25, 0.3) is 5.91 Å². The second-order valence-corrected chi connectivity index (χ2v) is 11.8. The fraction of sp³-hybridized carbons (Fsp3) is 0.333. The first-order valence-corrected chi connectivity index (χ1v) is 15.4. The van der Waals surface area contributed by atoms with Crippen LogP contribution in [0.4, 0.5) is 17.2 Å². The number of aromatic nitrogens is 2. The van der Waals surface area contributed by atoms with Crippen molar-refractivity contribution in [1.29, 1.82) is 0 Å². The molecule has 6 N–H and O–H groups in total. The number of nitrogens with two attached hydrogens (primary N) is 1. The highest BCUT2D eigenvalue weighted by Gasteiger charge is 2.39. The lowest BCUT2D eigenvalue weighted by atomic mass is 10.0. The molecule has 2 fully saturated rings. The Morgan fingerprint density at radius 2 is 1.77 bits per heavy atom.